The molecule has 0 aliphatic heterocycles. The molecule has 108 valence electrons. The standard InChI is InChI=1S/C12H15ClN4O2S/c1-3-11-9(8-17(2)16-11)7-15-20(18,19)10-4-5-14-12(13)6-10/h4-6,8,15H,3,7H2,1-2H3. The van der Waals surface area contributed by atoms with Crippen molar-refractivity contribution in [1.29, 1.82) is 0 Å². The maximum absolute atomic E-state index is 12.1. The van der Waals surface area contributed by atoms with Gasteiger partial charge in [0.25, 0.3) is 0 Å². The van der Waals surface area contributed by atoms with Gasteiger partial charge in [-0.25, -0.2) is 18.1 Å². The van der Waals surface area contributed by atoms with E-state index >= 15 is 0 Å². The van der Waals surface area contributed by atoms with E-state index in [2.05, 4.69) is 14.8 Å². The van der Waals surface area contributed by atoms with E-state index in [0.29, 0.717) is 0 Å². The predicted octanol–water partition coefficient (Wildman–Crippen LogP) is 1.51. The van der Waals surface area contributed by atoms with Crippen molar-refractivity contribution in [2.24, 2.45) is 7.05 Å². The Morgan fingerprint density at radius 3 is 2.85 bits per heavy atom. The average Bonchev–Trinajstić information content (AvgIpc) is 2.77. The molecule has 0 radical (unpaired) electrons. The van der Waals surface area contributed by atoms with Gasteiger partial charge in [-0.2, -0.15) is 5.10 Å². The third kappa shape index (κ3) is 3.36. The summed E-state index contributed by atoms with van der Waals surface area (Å²) in [5.74, 6) is 0. The van der Waals surface area contributed by atoms with Crippen molar-refractivity contribution in [2.75, 3.05) is 0 Å². The number of rotatable bonds is 5. The molecule has 0 aliphatic rings. The summed E-state index contributed by atoms with van der Waals surface area (Å²) < 4.78 is 28.5. The van der Waals surface area contributed by atoms with Gasteiger partial charge < -0.3 is 0 Å². The normalized spacial score (nSPS) is 11.8. The van der Waals surface area contributed by atoms with Crippen LogP contribution in [0.2, 0.25) is 5.15 Å². The van der Waals surface area contributed by atoms with Crippen molar-refractivity contribution >= 4 is 21.6 Å². The molecule has 0 unspecified atom stereocenters. The fourth-order valence-electron chi connectivity index (χ4n) is 1.84. The van der Waals surface area contributed by atoms with Crippen LogP contribution in [-0.2, 0) is 30.0 Å². The van der Waals surface area contributed by atoms with Gasteiger partial charge in [0.05, 0.1) is 10.6 Å². The average molecular weight is 315 g/mol. The lowest BCUT2D eigenvalue weighted by Crippen LogP contribution is -2.23. The van der Waals surface area contributed by atoms with E-state index in [-0.39, 0.29) is 16.6 Å². The third-order valence-electron chi connectivity index (χ3n) is 2.79. The van der Waals surface area contributed by atoms with Gasteiger partial charge >= 0.3 is 0 Å². The molecule has 0 saturated carbocycles. The third-order valence-corrected chi connectivity index (χ3v) is 4.39. The first-order valence-electron chi connectivity index (χ1n) is 6.05. The molecule has 0 fully saturated rings. The first kappa shape index (κ1) is 15.0. The minimum atomic E-state index is -3.61. The molecule has 2 rings (SSSR count). The smallest absolute Gasteiger partial charge is 0.241 e. The number of sulfonamides is 1. The van der Waals surface area contributed by atoms with Gasteiger partial charge in [-0.3, -0.25) is 4.68 Å². The summed E-state index contributed by atoms with van der Waals surface area (Å²) >= 11 is 5.70. The topological polar surface area (TPSA) is 76.9 Å². The van der Waals surface area contributed by atoms with Crippen LogP contribution in [-0.4, -0.2) is 23.2 Å². The summed E-state index contributed by atoms with van der Waals surface area (Å²) in [6.45, 7) is 2.17. The number of pyridine rings is 1. The summed E-state index contributed by atoms with van der Waals surface area (Å²) in [7, 11) is -1.80. The van der Waals surface area contributed by atoms with Gasteiger partial charge in [0, 0.05) is 31.5 Å². The molecule has 1 N–H and O–H groups in total. The van der Waals surface area contributed by atoms with Gasteiger partial charge in [0.1, 0.15) is 5.15 Å². The molecule has 0 atom stereocenters. The second kappa shape index (κ2) is 5.90. The lowest BCUT2D eigenvalue weighted by molar-refractivity contribution is 0.581. The maximum atomic E-state index is 12.1. The van der Waals surface area contributed by atoms with Gasteiger partial charge in [0.15, 0.2) is 0 Å². The Bertz CT molecular complexity index is 712. The molecule has 2 heterocycles. The number of hydrogen-bond acceptors (Lipinski definition) is 4. The van der Waals surface area contributed by atoms with Crippen LogP contribution < -0.4 is 4.72 Å². The molecule has 0 bridgehead atoms. The molecule has 2 aromatic rings. The Morgan fingerprint density at radius 2 is 2.20 bits per heavy atom. The van der Waals surface area contributed by atoms with Crippen LogP contribution >= 0.6 is 11.6 Å². The molecule has 8 heteroatoms. The Kier molecular flexibility index (Phi) is 4.42. The number of aryl methyl sites for hydroxylation is 2. The molecular weight excluding hydrogens is 300 g/mol. The van der Waals surface area contributed by atoms with E-state index in [0.717, 1.165) is 17.7 Å². The van der Waals surface area contributed by atoms with Gasteiger partial charge in [-0.15, -0.1) is 0 Å². The minimum absolute atomic E-state index is 0.0967. The maximum Gasteiger partial charge on any atom is 0.241 e. The number of halogens is 1. The highest BCUT2D eigenvalue weighted by Crippen LogP contribution is 2.14. The fraction of sp³-hybridized carbons (Fsp3) is 0.333. The van der Waals surface area contributed by atoms with Crippen molar-refractivity contribution in [3.63, 3.8) is 0 Å². The number of aromatic nitrogens is 3. The monoisotopic (exact) mass is 314 g/mol. The summed E-state index contributed by atoms with van der Waals surface area (Å²) in [6, 6.07) is 2.71. The van der Waals surface area contributed by atoms with Crippen molar-refractivity contribution in [1.82, 2.24) is 19.5 Å². The second-order valence-corrected chi connectivity index (χ2v) is 6.42. The Hall–Kier alpha value is -1.44. The first-order valence-corrected chi connectivity index (χ1v) is 7.91. The van der Waals surface area contributed by atoms with Crippen molar-refractivity contribution < 1.29 is 8.42 Å². The second-order valence-electron chi connectivity index (χ2n) is 4.27. The van der Waals surface area contributed by atoms with Crippen LogP contribution in [0.1, 0.15) is 18.2 Å². The molecule has 0 aromatic carbocycles. The highest BCUT2D eigenvalue weighted by molar-refractivity contribution is 7.89. The van der Waals surface area contributed by atoms with Gasteiger partial charge in [-0.1, -0.05) is 18.5 Å². The van der Waals surface area contributed by atoms with E-state index in [4.69, 9.17) is 11.6 Å². The Balaban J connectivity index is 2.17. The predicted molar refractivity (Wildman–Crippen MR) is 75.9 cm³/mol. The lowest BCUT2D eigenvalue weighted by Gasteiger charge is -2.06. The molecule has 0 amide bonds. The van der Waals surface area contributed by atoms with E-state index in [1.165, 1.54) is 18.3 Å². The van der Waals surface area contributed by atoms with Crippen LogP contribution in [0.4, 0.5) is 0 Å². The Morgan fingerprint density at radius 1 is 1.45 bits per heavy atom. The molecule has 0 aliphatic carbocycles. The number of nitrogens with zero attached hydrogens (tertiary/aromatic N) is 3. The molecule has 2 aromatic heterocycles. The zero-order valence-corrected chi connectivity index (χ0v) is 12.7. The minimum Gasteiger partial charge on any atom is -0.275 e. The first-order chi connectivity index (χ1) is 9.42. The fourth-order valence-corrected chi connectivity index (χ4v) is 3.09. The van der Waals surface area contributed by atoms with E-state index in [9.17, 15) is 8.42 Å². The molecule has 20 heavy (non-hydrogen) atoms. The van der Waals surface area contributed by atoms with Crippen LogP contribution in [0.3, 0.4) is 0 Å². The van der Waals surface area contributed by atoms with E-state index in [1.54, 1.807) is 17.9 Å². The quantitative estimate of drug-likeness (QED) is 0.849. The van der Waals surface area contributed by atoms with Crippen molar-refractivity contribution in [3.8, 4) is 0 Å². The van der Waals surface area contributed by atoms with Crippen molar-refractivity contribution in [3.05, 3.63) is 40.9 Å². The van der Waals surface area contributed by atoms with Crippen molar-refractivity contribution in [2.45, 2.75) is 24.8 Å². The molecular formula is C12H15ClN4O2S. The van der Waals surface area contributed by atoms with Gasteiger partial charge in [0.2, 0.25) is 10.0 Å². The van der Waals surface area contributed by atoms with E-state index < -0.39 is 10.0 Å². The van der Waals surface area contributed by atoms with Crippen LogP contribution in [0.15, 0.2) is 29.4 Å². The zero-order chi connectivity index (χ0) is 14.8. The highest BCUT2D eigenvalue weighted by Gasteiger charge is 2.16. The SMILES string of the molecule is CCc1nn(C)cc1CNS(=O)(=O)c1ccnc(Cl)c1. The largest absolute Gasteiger partial charge is 0.275 e. The number of nitrogens with one attached hydrogen (secondary N) is 1. The summed E-state index contributed by atoms with van der Waals surface area (Å²) in [4.78, 5) is 3.86. The van der Waals surface area contributed by atoms with Gasteiger partial charge in [-0.05, 0) is 18.6 Å². The number of hydrogen-bond donors (Lipinski definition) is 1. The zero-order valence-electron chi connectivity index (χ0n) is 11.2. The molecule has 6 nitrogen and oxygen atoms in total. The van der Waals surface area contributed by atoms with Crippen LogP contribution in [0.25, 0.3) is 0 Å². The van der Waals surface area contributed by atoms with E-state index in [1.807, 2.05) is 6.92 Å². The lowest BCUT2D eigenvalue weighted by atomic mass is 10.2. The van der Waals surface area contributed by atoms with Crippen LogP contribution in [0, 0.1) is 0 Å². The summed E-state index contributed by atoms with van der Waals surface area (Å²) in [6.07, 6.45) is 3.91. The summed E-state index contributed by atoms with van der Waals surface area (Å²) in [5.41, 5.74) is 1.74. The summed E-state index contributed by atoms with van der Waals surface area (Å²) in [5, 5.41) is 4.41. The highest BCUT2D eigenvalue weighted by atomic mass is 35.5. The molecule has 0 saturated heterocycles. The van der Waals surface area contributed by atoms with Crippen LogP contribution in [0.5, 0.6) is 0 Å². The Labute approximate surface area is 122 Å². The molecule has 0 spiro atoms.